The Morgan fingerprint density at radius 1 is 1.07 bits per heavy atom. The minimum absolute atomic E-state index is 0.806. The van der Waals surface area contributed by atoms with Crippen LogP contribution in [-0.2, 0) is 0 Å². The molecule has 1 aromatic heterocycles. The number of fused-ring (bicyclic) bond motifs is 1. The SMILES string of the molecule is CC1=C/C(=C/c2nc3ccc([N+](C)(C)C)cc3s2)N=C(CCCC[N+](C)(C)C)N1C. The summed E-state index contributed by atoms with van der Waals surface area (Å²) in [5, 5.41) is 1.01. The fourth-order valence-electron chi connectivity index (χ4n) is 3.47. The summed E-state index contributed by atoms with van der Waals surface area (Å²) in [7, 11) is 15.4. The topological polar surface area (TPSA) is 28.5 Å². The van der Waals surface area contributed by atoms with Gasteiger partial charge in [-0.2, -0.15) is 0 Å². The number of allylic oxidation sites excluding steroid dienone is 2. The van der Waals surface area contributed by atoms with Crippen molar-refractivity contribution in [3.63, 3.8) is 0 Å². The van der Waals surface area contributed by atoms with Gasteiger partial charge in [0.05, 0.1) is 64.7 Å². The summed E-state index contributed by atoms with van der Waals surface area (Å²) in [6.07, 6.45) is 7.66. The Bertz CT molecular complexity index is 999. The minimum Gasteiger partial charge on any atom is -0.337 e. The lowest BCUT2D eigenvalue weighted by molar-refractivity contribution is -0.870. The van der Waals surface area contributed by atoms with Crippen LogP contribution in [0, 0.1) is 0 Å². The molecular formula is C24H37N5S+2. The monoisotopic (exact) mass is 427 g/mol. The van der Waals surface area contributed by atoms with Gasteiger partial charge >= 0.3 is 0 Å². The van der Waals surface area contributed by atoms with Gasteiger partial charge in [-0.3, -0.25) is 4.48 Å². The molecule has 30 heavy (non-hydrogen) atoms. The largest absolute Gasteiger partial charge is 0.337 e. The van der Waals surface area contributed by atoms with Gasteiger partial charge in [0.1, 0.15) is 16.5 Å². The molecule has 1 aromatic carbocycles. The molecule has 2 aromatic rings. The smallest absolute Gasteiger partial charge is 0.133 e. The highest BCUT2D eigenvalue weighted by Crippen LogP contribution is 2.30. The Labute approximate surface area is 185 Å². The van der Waals surface area contributed by atoms with E-state index >= 15 is 0 Å². The van der Waals surface area contributed by atoms with Crippen molar-refractivity contribution < 1.29 is 4.48 Å². The number of amidine groups is 1. The van der Waals surface area contributed by atoms with Crippen LogP contribution in [0.15, 0.2) is 40.7 Å². The molecule has 3 rings (SSSR count). The van der Waals surface area contributed by atoms with Crippen LogP contribution in [0.25, 0.3) is 16.3 Å². The van der Waals surface area contributed by atoms with Gasteiger partial charge in [0.2, 0.25) is 0 Å². The molecule has 5 nitrogen and oxygen atoms in total. The molecule has 0 atom stereocenters. The molecule has 0 saturated heterocycles. The number of rotatable bonds is 7. The number of hydrogen-bond donors (Lipinski definition) is 0. The van der Waals surface area contributed by atoms with Crippen molar-refractivity contribution in [3.05, 3.63) is 40.7 Å². The minimum atomic E-state index is 0.806. The van der Waals surface area contributed by atoms with Crippen molar-refractivity contribution in [2.75, 3.05) is 55.9 Å². The third-order valence-electron chi connectivity index (χ3n) is 5.44. The summed E-state index contributed by atoms with van der Waals surface area (Å²) in [6, 6.07) is 6.56. The first-order valence-electron chi connectivity index (χ1n) is 10.7. The number of thiazole rings is 1. The summed E-state index contributed by atoms with van der Waals surface area (Å²) >= 11 is 1.74. The zero-order valence-electron chi connectivity index (χ0n) is 19.9. The zero-order valence-corrected chi connectivity index (χ0v) is 20.7. The van der Waals surface area contributed by atoms with E-state index in [1.54, 1.807) is 11.3 Å². The van der Waals surface area contributed by atoms with E-state index in [2.05, 4.69) is 91.5 Å². The van der Waals surface area contributed by atoms with Gasteiger partial charge in [0.25, 0.3) is 0 Å². The van der Waals surface area contributed by atoms with Crippen LogP contribution >= 0.6 is 11.3 Å². The van der Waals surface area contributed by atoms with Gasteiger partial charge in [-0.25, -0.2) is 9.98 Å². The molecule has 0 aliphatic carbocycles. The number of hydrogen-bond acceptors (Lipinski definition) is 4. The Balaban J connectivity index is 1.80. The zero-order chi connectivity index (χ0) is 22.1. The van der Waals surface area contributed by atoms with Gasteiger partial charge in [0.15, 0.2) is 0 Å². The van der Waals surface area contributed by atoms with Gasteiger partial charge in [-0.05, 0) is 38.0 Å². The van der Waals surface area contributed by atoms with Crippen molar-refractivity contribution in [3.8, 4) is 0 Å². The Morgan fingerprint density at radius 3 is 2.47 bits per heavy atom. The molecular weight excluding hydrogens is 390 g/mol. The van der Waals surface area contributed by atoms with E-state index < -0.39 is 0 Å². The molecule has 6 heteroatoms. The molecule has 0 saturated carbocycles. The highest BCUT2D eigenvalue weighted by atomic mass is 32.1. The molecule has 0 spiro atoms. The second-order valence-corrected chi connectivity index (χ2v) is 11.2. The molecule has 0 fully saturated rings. The molecule has 2 heterocycles. The molecule has 1 aliphatic heterocycles. The van der Waals surface area contributed by atoms with Gasteiger partial charge in [-0.1, -0.05) is 0 Å². The predicted molar refractivity (Wildman–Crippen MR) is 133 cm³/mol. The average Bonchev–Trinajstić information content (AvgIpc) is 3.02. The summed E-state index contributed by atoms with van der Waals surface area (Å²) in [5.41, 5.74) is 4.57. The Hall–Kier alpha value is -2.02. The first kappa shape index (κ1) is 22.7. The van der Waals surface area contributed by atoms with Crippen molar-refractivity contribution >= 4 is 39.2 Å². The van der Waals surface area contributed by atoms with Crippen LogP contribution < -0.4 is 4.48 Å². The molecule has 0 amide bonds. The second kappa shape index (κ2) is 8.61. The van der Waals surface area contributed by atoms with E-state index in [4.69, 9.17) is 9.98 Å². The lowest BCUT2D eigenvalue weighted by atomic mass is 10.1. The summed E-state index contributed by atoms with van der Waals surface area (Å²) in [4.78, 5) is 12.0. The van der Waals surface area contributed by atoms with Crippen molar-refractivity contribution in [1.29, 1.82) is 0 Å². The maximum atomic E-state index is 4.96. The van der Waals surface area contributed by atoms with E-state index in [1.807, 2.05) is 0 Å². The van der Waals surface area contributed by atoms with Crippen molar-refractivity contribution in [2.24, 2.45) is 4.99 Å². The van der Waals surface area contributed by atoms with Gasteiger partial charge in [-0.15, -0.1) is 11.3 Å². The quantitative estimate of drug-likeness (QED) is 0.462. The summed E-state index contributed by atoms with van der Waals surface area (Å²) in [5.74, 6) is 1.15. The van der Waals surface area contributed by atoms with E-state index in [0.29, 0.717) is 0 Å². The van der Waals surface area contributed by atoms with Crippen molar-refractivity contribution in [2.45, 2.75) is 26.2 Å². The van der Waals surface area contributed by atoms with Crippen molar-refractivity contribution in [1.82, 2.24) is 14.4 Å². The molecule has 162 valence electrons. The summed E-state index contributed by atoms with van der Waals surface area (Å²) in [6.45, 7) is 3.34. The molecule has 0 N–H and O–H groups in total. The average molecular weight is 428 g/mol. The lowest BCUT2D eigenvalue weighted by Gasteiger charge is -2.27. The van der Waals surface area contributed by atoms with E-state index in [9.17, 15) is 0 Å². The third-order valence-corrected chi connectivity index (χ3v) is 6.41. The third kappa shape index (κ3) is 5.78. The highest BCUT2D eigenvalue weighted by Gasteiger charge is 2.17. The Morgan fingerprint density at radius 2 is 1.80 bits per heavy atom. The van der Waals surface area contributed by atoms with Crippen LogP contribution in [-0.4, -0.2) is 76.1 Å². The summed E-state index contributed by atoms with van der Waals surface area (Å²) < 4.78 is 3.05. The number of quaternary nitrogens is 2. The second-order valence-electron chi connectivity index (χ2n) is 10.1. The number of nitrogens with zero attached hydrogens (tertiary/aromatic N) is 5. The maximum absolute atomic E-state index is 4.96. The number of benzene rings is 1. The number of aliphatic imine (C=N–C) groups is 1. The number of unbranched alkanes of at least 4 members (excludes halogenated alkanes) is 1. The van der Waals surface area contributed by atoms with Crippen LogP contribution in [0.2, 0.25) is 0 Å². The molecule has 0 unspecified atom stereocenters. The fourth-order valence-corrected chi connectivity index (χ4v) is 4.42. The van der Waals surface area contributed by atoms with Crippen LogP contribution in [0.3, 0.4) is 0 Å². The number of aromatic nitrogens is 1. The molecule has 1 aliphatic rings. The van der Waals surface area contributed by atoms with E-state index in [-0.39, 0.29) is 0 Å². The van der Waals surface area contributed by atoms with Gasteiger partial charge in [0, 0.05) is 31.3 Å². The lowest BCUT2D eigenvalue weighted by Crippen LogP contribution is -2.35. The first-order valence-corrected chi connectivity index (χ1v) is 11.5. The molecule has 0 radical (unpaired) electrons. The normalized spacial score (nSPS) is 16.9. The van der Waals surface area contributed by atoms with Crippen LogP contribution in [0.4, 0.5) is 5.69 Å². The predicted octanol–water partition coefficient (Wildman–Crippen LogP) is 4.96. The van der Waals surface area contributed by atoms with E-state index in [0.717, 1.165) is 43.9 Å². The Kier molecular flexibility index (Phi) is 6.51. The highest BCUT2D eigenvalue weighted by molar-refractivity contribution is 7.19. The maximum Gasteiger partial charge on any atom is 0.133 e. The molecule has 0 bridgehead atoms. The van der Waals surface area contributed by atoms with Gasteiger partial charge < -0.3 is 9.38 Å². The standard InChI is InChI=1S/C24H37N5S/c1-18-15-19(25-23(27(18)2)11-9-10-14-28(3,4)5)16-24-26-21-13-12-20(29(6,7)8)17-22(21)30-24/h12-13,15-17H,9-11,14H2,1-8H3/q+2/b19-16-. The van der Waals surface area contributed by atoms with E-state index in [1.165, 1.54) is 29.0 Å². The van der Waals surface area contributed by atoms with Crippen LogP contribution in [0.1, 0.15) is 31.2 Å². The first-order chi connectivity index (χ1) is 13.9. The fraction of sp³-hybridized carbons (Fsp3) is 0.500. The van der Waals surface area contributed by atoms with Crippen LogP contribution in [0.5, 0.6) is 0 Å².